The molecule has 0 radical (unpaired) electrons. The highest BCUT2D eigenvalue weighted by molar-refractivity contribution is 7.18. The van der Waals surface area contributed by atoms with Gasteiger partial charge < -0.3 is 5.11 Å². The van der Waals surface area contributed by atoms with E-state index >= 15 is 0 Å². The van der Waals surface area contributed by atoms with Gasteiger partial charge in [0.2, 0.25) is 5.13 Å². The minimum absolute atomic E-state index is 0.00832. The Morgan fingerprint density at radius 2 is 1.94 bits per heavy atom. The highest BCUT2D eigenvalue weighted by Gasteiger charge is 2.24. The van der Waals surface area contributed by atoms with Crippen molar-refractivity contribution in [1.82, 2.24) is 10.2 Å². The molecule has 3 rings (SSSR count). The van der Waals surface area contributed by atoms with Crippen LogP contribution in [0.1, 0.15) is 47.7 Å². The van der Waals surface area contributed by atoms with Gasteiger partial charge in [0, 0.05) is 18.5 Å². The fourth-order valence-electron chi connectivity index (χ4n) is 3.17. The average Bonchev–Trinajstić information content (AvgIpc) is 3.23. The van der Waals surface area contributed by atoms with Crippen LogP contribution >= 0.6 is 11.3 Å². The fraction of sp³-hybridized carbons (Fsp3) is 0.304. The summed E-state index contributed by atoms with van der Waals surface area (Å²) in [5.74, 6) is -1.83. The van der Waals surface area contributed by atoms with E-state index in [1.165, 1.54) is 28.4 Å². The first-order valence-corrected chi connectivity index (χ1v) is 10.9. The summed E-state index contributed by atoms with van der Waals surface area (Å²) in [4.78, 5) is 25.3. The van der Waals surface area contributed by atoms with Gasteiger partial charge in [-0.1, -0.05) is 48.9 Å². The van der Waals surface area contributed by atoms with E-state index in [2.05, 4.69) is 10.2 Å². The molecule has 0 saturated heterocycles. The first kappa shape index (κ1) is 22.6. The summed E-state index contributed by atoms with van der Waals surface area (Å²) in [5.41, 5.74) is 2.79. The number of unbranched alkanes of at least 4 members (excludes halogenated alkanes) is 1. The van der Waals surface area contributed by atoms with E-state index < -0.39 is 17.7 Å². The second-order valence-corrected chi connectivity index (χ2v) is 8.17. The van der Waals surface area contributed by atoms with Crippen LogP contribution in [0.5, 0.6) is 0 Å². The van der Waals surface area contributed by atoms with Gasteiger partial charge in [0.25, 0.3) is 5.91 Å². The number of hydrogen-bond donors (Lipinski definition) is 1. The lowest BCUT2D eigenvalue weighted by molar-refractivity contribution is -0.136. The maximum Gasteiger partial charge on any atom is 0.303 e. The van der Waals surface area contributed by atoms with Gasteiger partial charge in [0.05, 0.1) is 5.56 Å². The predicted octanol–water partition coefficient (Wildman–Crippen LogP) is 5.12. The normalized spacial score (nSPS) is 10.8. The van der Waals surface area contributed by atoms with E-state index in [-0.39, 0.29) is 12.0 Å². The molecule has 0 atom stereocenters. The minimum atomic E-state index is -0.830. The summed E-state index contributed by atoms with van der Waals surface area (Å²) >= 11 is 1.27. The smallest absolute Gasteiger partial charge is 0.303 e. The van der Waals surface area contributed by atoms with Crippen LogP contribution in [0.3, 0.4) is 0 Å². The summed E-state index contributed by atoms with van der Waals surface area (Å²) in [6.07, 6.45) is 2.18. The first-order chi connectivity index (χ1) is 14.9. The fourth-order valence-corrected chi connectivity index (χ4v) is 4.04. The largest absolute Gasteiger partial charge is 0.481 e. The lowest BCUT2D eigenvalue weighted by Gasteiger charge is -2.19. The van der Waals surface area contributed by atoms with E-state index in [4.69, 9.17) is 5.11 Å². The van der Waals surface area contributed by atoms with Crippen molar-refractivity contribution in [2.24, 2.45) is 0 Å². The second kappa shape index (κ2) is 10.3. The Hall–Kier alpha value is -3.13. The molecule has 0 aliphatic carbocycles. The van der Waals surface area contributed by atoms with Crippen molar-refractivity contribution in [2.75, 3.05) is 11.4 Å². The molecule has 0 aliphatic heterocycles. The van der Waals surface area contributed by atoms with E-state index in [9.17, 15) is 14.0 Å². The summed E-state index contributed by atoms with van der Waals surface area (Å²) in [5, 5.41) is 18.4. The molecular formula is C23H24FN3O3S. The van der Waals surface area contributed by atoms with Gasteiger partial charge in [-0.25, -0.2) is 4.39 Å². The molecular weight excluding hydrogens is 417 g/mol. The molecule has 0 saturated carbocycles. The number of carboxylic acid groups (broad SMARTS) is 1. The Labute approximate surface area is 184 Å². The third-order valence-electron chi connectivity index (χ3n) is 4.93. The zero-order valence-electron chi connectivity index (χ0n) is 17.5. The third-order valence-corrected chi connectivity index (χ3v) is 5.92. The summed E-state index contributed by atoms with van der Waals surface area (Å²) < 4.78 is 14.2. The van der Waals surface area contributed by atoms with Crippen LogP contribution in [-0.4, -0.2) is 33.7 Å². The van der Waals surface area contributed by atoms with E-state index in [1.807, 2.05) is 32.0 Å². The van der Waals surface area contributed by atoms with E-state index in [0.717, 1.165) is 29.5 Å². The molecule has 1 aromatic heterocycles. The van der Waals surface area contributed by atoms with Gasteiger partial charge in [0.15, 0.2) is 0 Å². The Kier molecular flexibility index (Phi) is 7.46. The van der Waals surface area contributed by atoms with Crippen LogP contribution in [0.4, 0.5) is 9.52 Å². The van der Waals surface area contributed by atoms with Crippen LogP contribution in [0.2, 0.25) is 0 Å². The molecule has 6 nitrogen and oxygen atoms in total. The summed E-state index contributed by atoms with van der Waals surface area (Å²) in [7, 11) is 0. The Balaban J connectivity index is 1.87. The molecule has 0 fully saturated rings. The highest BCUT2D eigenvalue weighted by Crippen LogP contribution is 2.31. The maximum absolute atomic E-state index is 14.2. The lowest BCUT2D eigenvalue weighted by atomic mass is 10.0. The number of hydrogen-bond acceptors (Lipinski definition) is 5. The monoisotopic (exact) mass is 441 g/mol. The number of anilines is 1. The molecule has 1 N–H and O–H groups in total. The number of nitrogens with zero attached hydrogens (tertiary/aromatic N) is 3. The topological polar surface area (TPSA) is 83.4 Å². The van der Waals surface area contributed by atoms with Crippen molar-refractivity contribution in [1.29, 1.82) is 0 Å². The van der Waals surface area contributed by atoms with Crippen LogP contribution in [0.25, 0.3) is 10.6 Å². The van der Waals surface area contributed by atoms with Crippen LogP contribution < -0.4 is 4.90 Å². The highest BCUT2D eigenvalue weighted by atomic mass is 32.1. The van der Waals surface area contributed by atoms with Crippen molar-refractivity contribution in [3.05, 3.63) is 65.0 Å². The molecule has 31 heavy (non-hydrogen) atoms. The zero-order chi connectivity index (χ0) is 22.4. The first-order valence-electron chi connectivity index (χ1n) is 10.1. The third kappa shape index (κ3) is 5.52. The van der Waals surface area contributed by atoms with Gasteiger partial charge >= 0.3 is 5.97 Å². The van der Waals surface area contributed by atoms with Crippen LogP contribution in [0, 0.1) is 12.7 Å². The Morgan fingerprint density at radius 1 is 1.16 bits per heavy atom. The number of amides is 1. The van der Waals surface area contributed by atoms with Crippen molar-refractivity contribution >= 4 is 28.3 Å². The number of carbonyl (C=O) groups is 2. The predicted molar refractivity (Wildman–Crippen MR) is 119 cm³/mol. The molecule has 162 valence electrons. The summed E-state index contributed by atoms with van der Waals surface area (Å²) in [6, 6.07) is 11.6. The molecule has 0 unspecified atom stereocenters. The lowest BCUT2D eigenvalue weighted by Crippen LogP contribution is -2.32. The molecule has 2 aromatic carbocycles. The van der Waals surface area contributed by atoms with Gasteiger partial charge in [-0.05, 0) is 49.1 Å². The molecule has 1 amide bonds. The quantitative estimate of drug-likeness (QED) is 0.498. The number of rotatable bonds is 9. The van der Waals surface area contributed by atoms with Crippen LogP contribution in [0.15, 0.2) is 42.5 Å². The van der Waals surface area contributed by atoms with Crippen molar-refractivity contribution < 1.29 is 19.1 Å². The number of carbonyl (C=O) groups excluding carboxylic acids is 1. The molecule has 1 heterocycles. The average molecular weight is 442 g/mol. The van der Waals surface area contributed by atoms with Gasteiger partial charge in [0.1, 0.15) is 10.8 Å². The molecule has 0 aliphatic rings. The number of carboxylic acids is 1. The number of aromatic nitrogens is 2. The Bertz CT molecular complexity index is 1080. The standard InChI is InChI=1S/C23H24FN3O3S/c1-3-4-13-27(22(30)18-7-5-6-8-19(18)24)23-26-25-21(31-23)17-10-9-16(15(2)14-17)11-12-20(28)29/h5-10,14H,3-4,11-13H2,1-2H3,(H,28,29). The van der Waals surface area contributed by atoms with E-state index in [1.54, 1.807) is 12.1 Å². The molecule has 0 bridgehead atoms. The second-order valence-electron chi connectivity index (χ2n) is 7.21. The number of halogens is 1. The van der Waals surface area contributed by atoms with Gasteiger partial charge in [-0.2, -0.15) is 0 Å². The van der Waals surface area contributed by atoms with Crippen LogP contribution in [-0.2, 0) is 11.2 Å². The van der Waals surface area contributed by atoms with Gasteiger partial charge in [-0.3, -0.25) is 14.5 Å². The zero-order valence-corrected chi connectivity index (χ0v) is 18.3. The number of benzene rings is 2. The van der Waals surface area contributed by atoms with Crippen molar-refractivity contribution in [3.63, 3.8) is 0 Å². The van der Waals surface area contributed by atoms with Gasteiger partial charge in [-0.15, -0.1) is 10.2 Å². The van der Waals surface area contributed by atoms with Crippen molar-refractivity contribution in [3.8, 4) is 10.6 Å². The maximum atomic E-state index is 14.2. The van der Waals surface area contributed by atoms with Crippen molar-refractivity contribution in [2.45, 2.75) is 39.5 Å². The number of aliphatic carboxylic acids is 1. The Morgan fingerprint density at radius 3 is 2.61 bits per heavy atom. The molecule has 3 aromatic rings. The SMILES string of the molecule is CCCCN(C(=O)c1ccccc1F)c1nnc(-c2ccc(CCC(=O)O)c(C)c2)s1. The number of aryl methyl sites for hydroxylation is 2. The summed E-state index contributed by atoms with van der Waals surface area (Å²) in [6.45, 7) is 4.37. The molecule has 0 spiro atoms. The molecule has 8 heteroatoms. The van der Waals surface area contributed by atoms with E-state index in [0.29, 0.717) is 23.1 Å². The minimum Gasteiger partial charge on any atom is -0.481 e.